The maximum atomic E-state index is 10.6. The number of aromatic nitrogens is 2. The molecule has 0 spiro atoms. The van der Waals surface area contributed by atoms with Gasteiger partial charge in [0.05, 0.1) is 21.1 Å². The first-order chi connectivity index (χ1) is 10.2. The van der Waals surface area contributed by atoms with Gasteiger partial charge in [-0.2, -0.15) is 0 Å². The number of hydrogen-bond acceptors (Lipinski definition) is 6. The molecule has 22 heavy (non-hydrogen) atoms. The highest BCUT2D eigenvalue weighted by Gasteiger charge is 2.36. The molecule has 1 aromatic heterocycles. The number of halogens is 2. The molecule has 3 unspecified atom stereocenters. The van der Waals surface area contributed by atoms with Crippen LogP contribution in [0.2, 0.25) is 10.0 Å². The minimum absolute atomic E-state index is 0.141. The number of aliphatic hydroxyl groups excluding tert-OH is 4. The van der Waals surface area contributed by atoms with E-state index in [0.29, 0.717) is 11.0 Å². The lowest BCUT2D eigenvalue weighted by atomic mass is 10.0. The van der Waals surface area contributed by atoms with Gasteiger partial charge in [0.2, 0.25) is 0 Å². The fourth-order valence-electron chi connectivity index (χ4n) is 1.85. The van der Waals surface area contributed by atoms with Crippen molar-refractivity contribution in [2.45, 2.75) is 24.4 Å². The van der Waals surface area contributed by atoms with Gasteiger partial charge in [-0.1, -0.05) is 23.2 Å². The highest BCUT2D eigenvalue weighted by Crippen LogP contribution is 2.28. The van der Waals surface area contributed by atoms with Gasteiger partial charge >= 0.3 is 5.97 Å². The van der Waals surface area contributed by atoms with E-state index < -0.39 is 30.4 Å². The normalized spacial score (nSPS) is 17.2. The molecule has 0 saturated heterocycles. The largest absolute Gasteiger partial charge is 0.479 e. The zero-order valence-electron chi connectivity index (χ0n) is 10.8. The highest BCUT2D eigenvalue weighted by molar-refractivity contribution is 6.42. The van der Waals surface area contributed by atoms with Crippen molar-refractivity contribution in [2.24, 2.45) is 0 Å². The zero-order valence-corrected chi connectivity index (χ0v) is 12.3. The van der Waals surface area contributed by atoms with E-state index in [1.807, 2.05) is 0 Å². The number of imidazole rings is 1. The Labute approximate surface area is 133 Å². The van der Waals surface area contributed by atoms with Gasteiger partial charge < -0.3 is 30.5 Å². The predicted molar refractivity (Wildman–Crippen MR) is 76.7 cm³/mol. The van der Waals surface area contributed by atoms with E-state index >= 15 is 0 Å². The molecule has 0 saturated carbocycles. The van der Waals surface area contributed by atoms with E-state index in [0.717, 1.165) is 0 Å². The van der Waals surface area contributed by atoms with E-state index in [9.17, 15) is 25.2 Å². The Bertz CT molecular complexity index is 667. The molecule has 2 aromatic rings. The third-order valence-electron chi connectivity index (χ3n) is 3.07. The quantitative estimate of drug-likeness (QED) is 0.447. The van der Waals surface area contributed by atoms with Crippen LogP contribution in [-0.2, 0) is 4.79 Å². The molecule has 120 valence electrons. The van der Waals surface area contributed by atoms with Crippen molar-refractivity contribution >= 4 is 40.2 Å². The third-order valence-corrected chi connectivity index (χ3v) is 3.79. The van der Waals surface area contributed by atoms with Crippen molar-refractivity contribution in [3.8, 4) is 0 Å². The molecule has 0 bridgehead atoms. The summed E-state index contributed by atoms with van der Waals surface area (Å²) in [7, 11) is 0. The summed E-state index contributed by atoms with van der Waals surface area (Å²) in [6, 6.07) is 2.89. The number of nitrogens with one attached hydrogen (secondary N) is 1. The van der Waals surface area contributed by atoms with Gasteiger partial charge in [0.25, 0.3) is 0 Å². The van der Waals surface area contributed by atoms with E-state index in [4.69, 9.17) is 28.3 Å². The van der Waals surface area contributed by atoms with Crippen LogP contribution in [0.15, 0.2) is 12.1 Å². The minimum atomic E-state index is -2.25. The summed E-state index contributed by atoms with van der Waals surface area (Å²) in [5, 5.41) is 47.5. The number of nitrogens with zero attached hydrogens (tertiary/aromatic N) is 1. The van der Waals surface area contributed by atoms with E-state index in [1.165, 1.54) is 12.1 Å². The summed E-state index contributed by atoms with van der Waals surface area (Å²) in [4.78, 5) is 17.2. The fourth-order valence-corrected chi connectivity index (χ4v) is 2.17. The van der Waals surface area contributed by atoms with Crippen molar-refractivity contribution in [3.63, 3.8) is 0 Å². The second kappa shape index (κ2) is 6.37. The van der Waals surface area contributed by atoms with E-state index in [2.05, 4.69) is 9.97 Å². The van der Waals surface area contributed by atoms with Crippen LogP contribution in [0.4, 0.5) is 0 Å². The summed E-state index contributed by atoms with van der Waals surface area (Å²) < 4.78 is 0. The average Bonchev–Trinajstić information content (AvgIpc) is 2.87. The van der Waals surface area contributed by atoms with Gasteiger partial charge in [-0.3, -0.25) is 0 Å². The van der Waals surface area contributed by atoms with Gasteiger partial charge in [0.15, 0.2) is 6.10 Å². The summed E-state index contributed by atoms with van der Waals surface area (Å²) in [5.74, 6) is -1.88. The summed E-state index contributed by atoms with van der Waals surface area (Å²) in [6.07, 6.45) is -8.09. The second-order valence-corrected chi connectivity index (χ2v) is 5.43. The number of carboxylic acid groups (broad SMARTS) is 1. The number of hydrogen-bond donors (Lipinski definition) is 6. The van der Waals surface area contributed by atoms with Crippen molar-refractivity contribution in [1.82, 2.24) is 9.97 Å². The maximum Gasteiger partial charge on any atom is 0.335 e. The first-order valence-corrected chi connectivity index (χ1v) is 6.77. The lowest BCUT2D eigenvalue weighted by Gasteiger charge is -2.23. The standard InChI is InChI=1S/C12H12Cl2N2O6/c13-3-1-5-6(2-4(3)14)16-11(15-5)9(19)7(17)8(18)10(20)12(21)22/h1-2,7-10,17-20H,(H,15,16)(H,21,22)/t7?,8-,9?,10?/m1/s1. The molecule has 6 N–H and O–H groups in total. The average molecular weight is 351 g/mol. The van der Waals surface area contributed by atoms with Gasteiger partial charge in [0.1, 0.15) is 24.1 Å². The molecule has 0 aliphatic rings. The Kier molecular flexibility index (Phi) is 4.90. The number of aromatic amines is 1. The molecule has 0 radical (unpaired) electrons. The number of fused-ring (bicyclic) bond motifs is 1. The molecule has 1 aromatic carbocycles. The van der Waals surface area contributed by atoms with Crippen molar-refractivity contribution in [2.75, 3.05) is 0 Å². The monoisotopic (exact) mass is 350 g/mol. The molecular weight excluding hydrogens is 339 g/mol. The third kappa shape index (κ3) is 3.17. The number of H-pyrrole nitrogens is 1. The Morgan fingerprint density at radius 3 is 2.27 bits per heavy atom. The summed E-state index contributed by atoms with van der Waals surface area (Å²) in [5.41, 5.74) is 0.771. The lowest BCUT2D eigenvalue weighted by molar-refractivity contribution is -0.163. The van der Waals surface area contributed by atoms with Crippen LogP contribution in [0.5, 0.6) is 0 Å². The van der Waals surface area contributed by atoms with Crippen LogP contribution in [0.25, 0.3) is 11.0 Å². The first kappa shape index (κ1) is 16.9. The smallest absolute Gasteiger partial charge is 0.335 e. The topological polar surface area (TPSA) is 147 Å². The zero-order chi connectivity index (χ0) is 16.6. The SMILES string of the molecule is O=C(O)C(O)[C@H](O)C(O)C(O)c1nc2cc(Cl)c(Cl)cc2[nH]1. The predicted octanol–water partition coefficient (Wildman–Crippen LogP) is 0.0704. The molecule has 10 heteroatoms. The lowest BCUT2D eigenvalue weighted by Crippen LogP contribution is -2.45. The Morgan fingerprint density at radius 2 is 1.68 bits per heavy atom. The Balaban J connectivity index is 2.29. The van der Waals surface area contributed by atoms with Crippen molar-refractivity contribution in [1.29, 1.82) is 0 Å². The summed E-state index contributed by atoms with van der Waals surface area (Å²) >= 11 is 11.7. The van der Waals surface area contributed by atoms with Crippen LogP contribution in [0.3, 0.4) is 0 Å². The van der Waals surface area contributed by atoms with Crippen LogP contribution in [0, 0.1) is 0 Å². The first-order valence-electron chi connectivity index (χ1n) is 6.02. The number of carbonyl (C=O) groups is 1. The highest BCUT2D eigenvalue weighted by atomic mass is 35.5. The van der Waals surface area contributed by atoms with Crippen LogP contribution in [-0.4, -0.2) is 59.8 Å². The van der Waals surface area contributed by atoms with Crippen LogP contribution >= 0.6 is 23.2 Å². The van der Waals surface area contributed by atoms with Crippen LogP contribution < -0.4 is 0 Å². The van der Waals surface area contributed by atoms with Gasteiger partial charge in [-0.25, -0.2) is 9.78 Å². The number of rotatable bonds is 5. The van der Waals surface area contributed by atoms with Gasteiger partial charge in [-0.05, 0) is 12.1 Å². The van der Waals surface area contributed by atoms with Gasteiger partial charge in [-0.15, -0.1) is 0 Å². The molecule has 0 aliphatic carbocycles. The molecule has 4 atom stereocenters. The molecule has 8 nitrogen and oxygen atoms in total. The Hall–Kier alpha value is -1.42. The minimum Gasteiger partial charge on any atom is -0.479 e. The van der Waals surface area contributed by atoms with Crippen molar-refractivity contribution < 1.29 is 30.3 Å². The molecule has 0 fully saturated rings. The molecule has 0 aliphatic heterocycles. The number of aliphatic carboxylic acids is 1. The van der Waals surface area contributed by atoms with Crippen molar-refractivity contribution in [3.05, 3.63) is 28.0 Å². The number of aliphatic hydroxyl groups is 4. The summed E-state index contributed by atoms with van der Waals surface area (Å²) in [6.45, 7) is 0. The number of carboxylic acids is 1. The van der Waals surface area contributed by atoms with E-state index in [1.54, 1.807) is 0 Å². The second-order valence-electron chi connectivity index (χ2n) is 4.61. The number of benzene rings is 1. The molecule has 0 amide bonds. The molecular formula is C12H12Cl2N2O6. The fraction of sp³-hybridized carbons (Fsp3) is 0.333. The Morgan fingerprint density at radius 1 is 1.09 bits per heavy atom. The van der Waals surface area contributed by atoms with Crippen LogP contribution in [0.1, 0.15) is 11.9 Å². The molecule has 2 rings (SSSR count). The molecule has 1 heterocycles. The maximum absolute atomic E-state index is 10.6. The van der Waals surface area contributed by atoms with Gasteiger partial charge in [0, 0.05) is 0 Å². The van der Waals surface area contributed by atoms with E-state index in [-0.39, 0.29) is 15.9 Å².